The van der Waals surface area contributed by atoms with Crippen LogP contribution in [0.1, 0.15) is 11.1 Å². The lowest BCUT2D eigenvalue weighted by atomic mass is 9.99. The summed E-state index contributed by atoms with van der Waals surface area (Å²) in [5.41, 5.74) is 1.38. The fraction of sp³-hybridized carbons (Fsp3) is 0.286. The van der Waals surface area contributed by atoms with Crippen molar-refractivity contribution in [3.05, 3.63) is 53.6 Å². The third-order valence-electron chi connectivity index (χ3n) is 4.53. The van der Waals surface area contributed by atoms with E-state index in [4.69, 9.17) is 9.47 Å². The highest BCUT2D eigenvalue weighted by atomic mass is 16.7. The molecule has 1 saturated heterocycles. The molecule has 1 fully saturated rings. The number of esters is 1. The normalized spacial score (nSPS) is 26.5. The Balaban J connectivity index is 1.68. The van der Waals surface area contributed by atoms with Crippen LogP contribution in [-0.4, -0.2) is 69.3 Å². The Kier molecular flexibility index (Phi) is 6.58. The number of aromatic hydroxyl groups is 2. The second-order valence-electron chi connectivity index (χ2n) is 6.72. The van der Waals surface area contributed by atoms with Crippen molar-refractivity contribution < 1.29 is 44.5 Å². The molecule has 160 valence electrons. The van der Waals surface area contributed by atoms with Gasteiger partial charge in [0.2, 0.25) is 6.29 Å². The van der Waals surface area contributed by atoms with Gasteiger partial charge < -0.3 is 39.7 Å². The van der Waals surface area contributed by atoms with E-state index in [0.29, 0.717) is 11.3 Å². The van der Waals surface area contributed by atoms with Gasteiger partial charge in [0, 0.05) is 6.07 Å². The summed E-state index contributed by atoms with van der Waals surface area (Å²) in [6.07, 6.45) is -4.35. The first-order chi connectivity index (χ1) is 14.3. The number of hydrogen-bond acceptors (Lipinski definition) is 9. The highest BCUT2D eigenvalue weighted by molar-refractivity contribution is 5.75. The number of carbonyl (C=O) groups excluding carboxylic acids is 1. The Hall–Kier alpha value is -3.11. The number of benzene rings is 2. The molecule has 30 heavy (non-hydrogen) atoms. The first kappa shape index (κ1) is 21.6. The van der Waals surface area contributed by atoms with Crippen LogP contribution in [-0.2, 0) is 14.3 Å². The molecule has 5 atom stereocenters. The van der Waals surface area contributed by atoms with E-state index in [9.17, 15) is 30.3 Å². The van der Waals surface area contributed by atoms with E-state index in [1.165, 1.54) is 18.2 Å². The maximum Gasteiger partial charge on any atom is 0.337 e. The number of aliphatic hydroxyl groups is 3. The SMILES string of the molecule is COC(=O)[C@H]1OC(Oc2ccc(/C=C/c3cc(O)cc(O)c3)cc2)[C@H](O)[C@@H](O)[C@@H]1O. The standard InChI is InChI=1S/C21H22O9/c1-28-20(27)19-17(25)16(24)18(26)21(30-19)29-15-6-4-11(5-7-15)2-3-12-8-13(22)10-14(23)9-12/h2-10,16-19,21-26H,1H3/b3-2+/t16-,17-,18+,19-,21?/m0/s1. The van der Waals surface area contributed by atoms with E-state index in [0.717, 1.165) is 12.7 Å². The summed E-state index contributed by atoms with van der Waals surface area (Å²) in [7, 11) is 1.11. The second kappa shape index (κ2) is 9.14. The number of hydrogen-bond donors (Lipinski definition) is 5. The predicted molar refractivity (Wildman–Crippen MR) is 104 cm³/mol. The number of phenolic OH excluding ortho intramolecular Hbond substituents is 2. The summed E-state index contributed by atoms with van der Waals surface area (Å²) in [6.45, 7) is 0. The summed E-state index contributed by atoms with van der Waals surface area (Å²) in [6, 6.07) is 10.8. The van der Waals surface area contributed by atoms with E-state index in [1.807, 2.05) is 0 Å². The molecular weight excluding hydrogens is 396 g/mol. The molecule has 2 aromatic rings. The molecule has 0 radical (unpaired) electrons. The van der Waals surface area contributed by atoms with E-state index in [2.05, 4.69) is 4.74 Å². The van der Waals surface area contributed by atoms with Gasteiger partial charge >= 0.3 is 5.97 Å². The maximum absolute atomic E-state index is 11.7. The number of aliphatic hydroxyl groups excluding tert-OH is 3. The Bertz CT molecular complexity index is 889. The van der Waals surface area contributed by atoms with E-state index in [1.54, 1.807) is 36.4 Å². The summed E-state index contributed by atoms with van der Waals surface area (Å²) in [5, 5.41) is 48.9. The van der Waals surface area contributed by atoms with Gasteiger partial charge in [0.25, 0.3) is 0 Å². The van der Waals surface area contributed by atoms with Gasteiger partial charge in [-0.2, -0.15) is 0 Å². The van der Waals surface area contributed by atoms with Crippen molar-refractivity contribution in [2.45, 2.75) is 30.7 Å². The molecule has 0 bridgehead atoms. The van der Waals surface area contributed by atoms with Crippen LogP contribution >= 0.6 is 0 Å². The minimum absolute atomic E-state index is 0.0537. The first-order valence-corrected chi connectivity index (χ1v) is 9.04. The predicted octanol–water partition coefficient (Wildman–Crippen LogP) is 0.628. The fourth-order valence-corrected chi connectivity index (χ4v) is 2.95. The fourth-order valence-electron chi connectivity index (χ4n) is 2.95. The summed E-state index contributed by atoms with van der Waals surface area (Å²) < 4.78 is 15.3. The molecule has 0 saturated carbocycles. The van der Waals surface area contributed by atoms with Crippen molar-refractivity contribution >= 4 is 18.1 Å². The number of phenols is 2. The Morgan fingerprint density at radius 3 is 2.10 bits per heavy atom. The van der Waals surface area contributed by atoms with Gasteiger partial charge in [-0.05, 0) is 35.4 Å². The second-order valence-corrected chi connectivity index (χ2v) is 6.72. The zero-order chi connectivity index (χ0) is 21.8. The molecule has 1 heterocycles. The number of carbonyl (C=O) groups is 1. The van der Waals surface area contributed by atoms with Crippen molar-refractivity contribution in [1.29, 1.82) is 0 Å². The molecule has 9 nitrogen and oxygen atoms in total. The van der Waals surface area contributed by atoms with Crippen LogP contribution in [0.4, 0.5) is 0 Å². The van der Waals surface area contributed by atoms with Crippen LogP contribution in [0.5, 0.6) is 17.2 Å². The van der Waals surface area contributed by atoms with Gasteiger partial charge in [-0.1, -0.05) is 24.3 Å². The van der Waals surface area contributed by atoms with Crippen LogP contribution in [0.25, 0.3) is 12.2 Å². The van der Waals surface area contributed by atoms with Gasteiger partial charge in [0.15, 0.2) is 6.10 Å². The minimum Gasteiger partial charge on any atom is -0.508 e. The average molecular weight is 418 g/mol. The summed E-state index contributed by atoms with van der Waals surface area (Å²) >= 11 is 0. The molecule has 0 amide bonds. The van der Waals surface area contributed by atoms with Crippen LogP contribution in [0.2, 0.25) is 0 Å². The molecule has 3 rings (SSSR count). The maximum atomic E-state index is 11.7. The lowest BCUT2D eigenvalue weighted by Gasteiger charge is -2.38. The Labute approximate surface area is 172 Å². The molecular formula is C21H22O9. The Morgan fingerprint density at radius 2 is 1.50 bits per heavy atom. The summed E-state index contributed by atoms with van der Waals surface area (Å²) in [4.78, 5) is 11.7. The van der Waals surface area contributed by atoms with Crippen LogP contribution < -0.4 is 4.74 Å². The zero-order valence-electron chi connectivity index (χ0n) is 16.0. The molecule has 1 aliphatic heterocycles. The van der Waals surface area contributed by atoms with Crippen LogP contribution in [0, 0.1) is 0 Å². The highest BCUT2D eigenvalue weighted by Gasteiger charge is 2.48. The topological polar surface area (TPSA) is 146 Å². The van der Waals surface area contributed by atoms with Gasteiger partial charge in [0.1, 0.15) is 35.6 Å². The van der Waals surface area contributed by atoms with E-state index < -0.39 is 36.7 Å². The van der Waals surface area contributed by atoms with Gasteiger partial charge in [-0.25, -0.2) is 4.79 Å². The molecule has 0 spiro atoms. The number of ether oxygens (including phenoxy) is 3. The minimum atomic E-state index is -1.66. The number of methoxy groups -OCH3 is 1. The largest absolute Gasteiger partial charge is 0.508 e. The quantitative estimate of drug-likeness (QED) is 0.348. The highest BCUT2D eigenvalue weighted by Crippen LogP contribution is 2.26. The van der Waals surface area contributed by atoms with Gasteiger partial charge in [-0.15, -0.1) is 0 Å². The lowest BCUT2D eigenvalue weighted by molar-refractivity contribution is -0.271. The van der Waals surface area contributed by atoms with Crippen molar-refractivity contribution in [3.63, 3.8) is 0 Å². The Morgan fingerprint density at radius 1 is 0.900 bits per heavy atom. The molecule has 9 heteroatoms. The van der Waals surface area contributed by atoms with Gasteiger partial charge in [0.05, 0.1) is 7.11 Å². The zero-order valence-corrected chi connectivity index (χ0v) is 16.0. The lowest BCUT2D eigenvalue weighted by Crippen LogP contribution is -2.61. The molecule has 0 aromatic heterocycles. The molecule has 0 aliphatic carbocycles. The van der Waals surface area contributed by atoms with E-state index >= 15 is 0 Å². The van der Waals surface area contributed by atoms with E-state index in [-0.39, 0.29) is 11.5 Å². The van der Waals surface area contributed by atoms with Gasteiger partial charge in [-0.3, -0.25) is 0 Å². The third-order valence-corrected chi connectivity index (χ3v) is 4.53. The third kappa shape index (κ3) is 4.89. The van der Waals surface area contributed by atoms with Crippen LogP contribution in [0.15, 0.2) is 42.5 Å². The van der Waals surface area contributed by atoms with Crippen molar-refractivity contribution in [1.82, 2.24) is 0 Å². The first-order valence-electron chi connectivity index (χ1n) is 9.04. The monoisotopic (exact) mass is 418 g/mol. The molecule has 1 aliphatic rings. The number of rotatable bonds is 5. The average Bonchev–Trinajstić information content (AvgIpc) is 2.72. The van der Waals surface area contributed by atoms with Crippen molar-refractivity contribution in [2.24, 2.45) is 0 Å². The van der Waals surface area contributed by atoms with Crippen LogP contribution in [0.3, 0.4) is 0 Å². The smallest absolute Gasteiger partial charge is 0.337 e. The molecule has 5 N–H and O–H groups in total. The van der Waals surface area contributed by atoms with Crippen molar-refractivity contribution in [2.75, 3.05) is 7.11 Å². The summed E-state index contributed by atoms with van der Waals surface area (Å²) in [5.74, 6) is -0.720. The van der Waals surface area contributed by atoms with Crippen molar-refractivity contribution in [3.8, 4) is 17.2 Å². The molecule has 2 aromatic carbocycles. The molecule has 1 unspecified atom stereocenters.